The number of para-hydroxylation sites is 1. The van der Waals surface area contributed by atoms with E-state index in [1.807, 2.05) is 0 Å². The number of halogens is 2. The molecular weight excluding hydrogens is 357 g/mol. The minimum absolute atomic E-state index is 0.148. The molecule has 1 fully saturated rings. The Balaban J connectivity index is 1.71. The molecule has 0 atom stereocenters. The number of benzene rings is 1. The number of carbonyl (C=O) groups is 2. The van der Waals surface area contributed by atoms with Gasteiger partial charge in [0.25, 0.3) is 5.91 Å². The second-order valence-corrected chi connectivity index (χ2v) is 6.93. The molecule has 0 unspecified atom stereocenters. The molecule has 5 nitrogen and oxygen atoms in total. The second kappa shape index (κ2) is 6.95. The Morgan fingerprint density at radius 3 is 2.57 bits per heavy atom. The first kappa shape index (κ1) is 16.4. The molecule has 3 rings (SSSR count). The van der Waals surface area contributed by atoms with Gasteiger partial charge in [-0.1, -0.05) is 29.3 Å². The van der Waals surface area contributed by atoms with Crippen LogP contribution in [0.2, 0.25) is 10.0 Å². The second-order valence-electron chi connectivity index (χ2n) is 5.09. The highest BCUT2D eigenvalue weighted by Gasteiger charge is 2.26. The zero-order valence-corrected chi connectivity index (χ0v) is 14.3. The molecule has 120 valence electrons. The first-order valence-electron chi connectivity index (χ1n) is 7.07. The van der Waals surface area contributed by atoms with Crippen molar-refractivity contribution in [1.82, 2.24) is 4.90 Å². The van der Waals surface area contributed by atoms with Gasteiger partial charge in [-0.05, 0) is 36.7 Å². The molecular formula is C15H13Cl2N3O2S. The van der Waals surface area contributed by atoms with Crippen LogP contribution < -0.4 is 5.32 Å². The lowest BCUT2D eigenvalue weighted by molar-refractivity contribution is -0.125. The molecule has 23 heavy (non-hydrogen) atoms. The highest BCUT2D eigenvalue weighted by molar-refractivity contribution is 8.18. The van der Waals surface area contributed by atoms with E-state index in [0.717, 1.165) is 37.7 Å². The van der Waals surface area contributed by atoms with Crippen molar-refractivity contribution in [2.24, 2.45) is 4.99 Å². The predicted octanol–water partition coefficient (Wildman–Crippen LogP) is 3.54. The number of aliphatic imine (C=N–C) groups is 1. The van der Waals surface area contributed by atoms with E-state index in [4.69, 9.17) is 23.2 Å². The van der Waals surface area contributed by atoms with Crippen molar-refractivity contribution in [2.75, 3.05) is 18.4 Å². The number of nitrogens with one attached hydrogen (secondary N) is 1. The van der Waals surface area contributed by atoms with Crippen molar-refractivity contribution in [2.45, 2.75) is 12.8 Å². The number of thioether (sulfide) groups is 1. The maximum absolute atomic E-state index is 12.1. The van der Waals surface area contributed by atoms with Crippen LogP contribution in [0.3, 0.4) is 0 Å². The van der Waals surface area contributed by atoms with Gasteiger partial charge in [0.1, 0.15) is 0 Å². The Morgan fingerprint density at radius 2 is 1.91 bits per heavy atom. The third-order valence-electron chi connectivity index (χ3n) is 3.49. The first-order chi connectivity index (χ1) is 11.0. The molecule has 1 aromatic rings. The quantitative estimate of drug-likeness (QED) is 0.809. The number of hydrogen-bond donors (Lipinski definition) is 1. The van der Waals surface area contributed by atoms with Gasteiger partial charge in [0.2, 0.25) is 5.91 Å². The number of nitrogens with zero attached hydrogens (tertiary/aromatic N) is 2. The SMILES string of the molecule is O=C1N=C(Nc2c(Cl)cccc2Cl)S/C1=C/C(=O)N1CCCC1. The molecule has 8 heteroatoms. The van der Waals surface area contributed by atoms with Crippen molar-refractivity contribution in [1.29, 1.82) is 0 Å². The summed E-state index contributed by atoms with van der Waals surface area (Å²) in [7, 11) is 0. The molecule has 0 saturated carbocycles. The number of rotatable bonds is 2. The van der Waals surface area contributed by atoms with Crippen molar-refractivity contribution >= 4 is 57.6 Å². The lowest BCUT2D eigenvalue weighted by Gasteiger charge is -2.12. The topological polar surface area (TPSA) is 61.8 Å². The number of amidine groups is 1. The van der Waals surface area contributed by atoms with Crippen LogP contribution in [0.4, 0.5) is 5.69 Å². The zero-order chi connectivity index (χ0) is 16.4. The maximum Gasteiger partial charge on any atom is 0.286 e. The average molecular weight is 370 g/mol. The summed E-state index contributed by atoms with van der Waals surface area (Å²) in [5.41, 5.74) is 0.488. The fourth-order valence-electron chi connectivity index (χ4n) is 2.33. The highest BCUT2D eigenvalue weighted by atomic mass is 35.5. The van der Waals surface area contributed by atoms with Crippen LogP contribution in [0, 0.1) is 0 Å². The highest BCUT2D eigenvalue weighted by Crippen LogP contribution is 2.34. The van der Waals surface area contributed by atoms with Crippen LogP contribution in [-0.4, -0.2) is 35.0 Å². The smallest absolute Gasteiger partial charge is 0.286 e. The standard InChI is InChI=1S/C15H13Cl2N3O2S/c16-9-4-3-5-10(17)13(9)18-15-19-14(22)11(23-15)8-12(21)20-6-1-2-7-20/h3-5,8H,1-2,6-7H2,(H,18,19,22)/b11-8+. The van der Waals surface area contributed by atoms with E-state index in [1.165, 1.54) is 6.08 Å². The Kier molecular flexibility index (Phi) is 4.94. The average Bonchev–Trinajstić information content (AvgIpc) is 3.14. The Labute approximate surface area is 147 Å². The Morgan fingerprint density at radius 1 is 1.26 bits per heavy atom. The van der Waals surface area contributed by atoms with Crippen molar-refractivity contribution < 1.29 is 9.59 Å². The molecule has 2 aliphatic heterocycles. The van der Waals surface area contributed by atoms with E-state index in [-0.39, 0.29) is 5.91 Å². The van der Waals surface area contributed by atoms with Gasteiger partial charge in [-0.3, -0.25) is 9.59 Å². The molecule has 1 aromatic carbocycles. The number of amides is 2. The van der Waals surface area contributed by atoms with E-state index in [9.17, 15) is 9.59 Å². The summed E-state index contributed by atoms with van der Waals surface area (Å²) in [6, 6.07) is 5.10. The largest absolute Gasteiger partial charge is 0.339 e. The molecule has 0 aromatic heterocycles. The summed E-state index contributed by atoms with van der Waals surface area (Å²) in [5, 5.41) is 4.15. The Bertz CT molecular complexity index is 707. The molecule has 1 N–H and O–H groups in total. The van der Waals surface area contributed by atoms with E-state index >= 15 is 0 Å². The molecule has 2 heterocycles. The van der Waals surface area contributed by atoms with Crippen LogP contribution >= 0.6 is 35.0 Å². The van der Waals surface area contributed by atoms with Crippen LogP contribution in [0.25, 0.3) is 0 Å². The normalized spacial score (nSPS) is 19.4. The lowest BCUT2D eigenvalue weighted by Crippen LogP contribution is -2.26. The van der Waals surface area contributed by atoms with Crippen molar-refractivity contribution in [3.05, 3.63) is 39.2 Å². The third kappa shape index (κ3) is 3.71. The maximum atomic E-state index is 12.1. The minimum Gasteiger partial charge on any atom is -0.339 e. The minimum atomic E-state index is -0.437. The number of hydrogen-bond acceptors (Lipinski definition) is 4. The van der Waals surface area contributed by atoms with Gasteiger partial charge in [0.05, 0.1) is 20.6 Å². The van der Waals surface area contributed by atoms with Gasteiger partial charge in [-0.15, -0.1) is 0 Å². The van der Waals surface area contributed by atoms with Crippen LogP contribution in [0.5, 0.6) is 0 Å². The third-order valence-corrected chi connectivity index (χ3v) is 5.02. The summed E-state index contributed by atoms with van der Waals surface area (Å²) in [4.78, 5) is 30.0. The van der Waals surface area contributed by atoms with Gasteiger partial charge < -0.3 is 10.2 Å². The monoisotopic (exact) mass is 369 g/mol. The van der Waals surface area contributed by atoms with Crippen molar-refractivity contribution in [3.63, 3.8) is 0 Å². The van der Waals surface area contributed by atoms with E-state index in [1.54, 1.807) is 23.1 Å². The molecule has 0 aliphatic carbocycles. The Hall–Kier alpha value is -1.50. The number of likely N-dealkylation sites (tertiary alicyclic amines) is 1. The molecule has 0 bridgehead atoms. The van der Waals surface area contributed by atoms with E-state index in [2.05, 4.69) is 10.3 Å². The van der Waals surface area contributed by atoms with Crippen LogP contribution in [0.15, 0.2) is 34.2 Å². The molecule has 2 aliphatic rings. The lowest BCUT2D eigenvalue weighted by atomic mass is 10.3. The van der Waals surface area contributed by atoms with Gasteiger partial charge >= 0.3 is 0 Å². The summed E-state index contributed by atoms with van der Waals surface area (Å²) < 4.78 is 0. The molecule has 2 amide bonds. The van der Waals surface area contributed by atoms with Gasteiger partial charge in [0, 0.05) is 19.2 Å². The van der Waals surface area contributed by atoms with Crippen LogP contribution in [0.1, 0.15) is 12.8 Å². The number of anilines is 1. The molecule has 1 saturated heterocycles. The molecule has 0 radical (unpaired) electrons. The van der Waals surface area contributed by atoms with Crippen molar-refractivity contribution in [3.8, 4) is 0 Å². The van der Waals surface area contributed by atoms with E-state index in [0.29, 0.717) is 25.8 Å². The van der Waals surface area contributed by atoms with Gasteiger partial charge in [-0.2, -0.15) is 4.99 Å². The summed E-state index contributed by atoms with van der Waals surface area (Å²) in [5.74, 6) is -0.584. The van der Waals surface area contributed by atoms with E-state index < -0.39 is 5.91 Å². The zero-order valence-electron chi connectivity index (χ0n) is 12.0. The first-order valence-corrected chi connectivity index (χ1v) is 8.64. The fraction of sp³-hybridized carbons (Fsp3) is 0.267. The van der Waals surface area contributed by atoms with Gasteiger partial charge in [-0.25, -0.2) is 0 Å². The van der Waals surface area contributed by atoms with Gasteiger partial charge in [0.15, 0.2) is 5.17 Å². The summed E-state index contributed by atoms with van der Waals surface area (Å²) in [6.45, 7) is 1.48. The fourth-order valence-corrected chi connectivity index (χ4v) is 3.60. The summed E-state index contributed by atoms with van der Waals surface area (Å²) in [6.07, 6.45) is 3.36. The summed E-state index contributed by atoms with van der Waals surface area (Å²) >= 11 is 13.3. The number of carbonyl (C=O) groups excluding carboxylic acids is 2. The molecule has 0 spiro atoms. The predicted molar refractivity (Wildman–Crippen MR) is 94.0 cm³/mol. The van der Waals surface area contributed by atoms with Crippen LogP contribution in [-0.2, 0) is 9.59 Å².